The van der Waals surface area contributed by atoms with Crippen LogP contribution in [-0.2, 0) is 0 Å². The highest BCUT2D eigenvalue weighted by atomic mass is 16.6. The van der Waals surface area contributed by atoms with Crippen LogP contribution in [-0.4, -0.2) is 74.2 Å². The highest BCUT2D eigenvalue weighted by Gasteiger charge is 2.37. The number of likely N-dealkylation sites (tertiary alicyclic amines) is 2. The molecule has 1 aromatic rings. The third kappa shape index (κ3) is 3.51. The van der Waals surface area contributed by atoms with Crippen LogP contribution in [0.2, 0.25) is 0 Å². The van der Waals surface area contributed by atoms with Gasteiger partial charge in [0.1, 0.15) is 5.56 Å². The molecule has 9 heteroatoms. The van der Waals surface area contributed by atoms with Gasteiger partial charge in [0, 0.05) is 25.2 Å². The number of nitrogens with zero attached hydrogens (tertiary/aromatic N) is 3. The van der Waals surface area contributed by atoms with Crippen molar-refractivity contribution >= 4 is 11.6 Å². The molecule has 27 heavy (non-hydrogen) atoms. The quantitative estimate of drug-likeness (QED) is 0.550. The smallest absolute Gasteiger partial charge is 0.327 e. The van der Waals surface area contributed by atoms with Crippen LogP contribution in [0.25, 0.3) is 0 Å². The highest BCUT2D eigenvalue weighted by Crippen LogP contribution is 2.46. The first kappa shape index (κ1) is 19.2. The number of carbonyl (C=O) groups excluding carboxylic acids is 1. The SMILES string of the molecule is COc1cc(C(=O)N2CCC(N3CCCC3)C2)c([N+](=O)[O-])c(OC)c1OC. The van der Waals surface area contributed by atoms with Crippen molar-refractivity contribution in [1.82, 2.24) is 9.80 Å². The maximum atomic E-state index is 13.1. The van der Waals surface area contributed by atoms with Gasteiger partial charge in [0.15, 0.2) is 5.75 Å². The number of methoxy groups -OCH3 is 3. The van der Waals surface area contributed by atoms with Crippen molar-refractivity contribution in [2.45, 2.75) is 25.3 Å². The molecule has 148 valence electrons. The number of amides is 1. The molecule has 0 bridgehead atoms. The molecule has 2 fully saturated rings. The van der Waals surface area contributed by atoms with Crippen LogP contribution in [0, 0.1) is 10.1 Å². The molecule has 0 spiro atoms. The van der Waals surface area contributed by atoms with Crippen LogP contribution in [0.1, 0.15) is 29.6 Å². The van der Waals surface area contributed by atoms with E-state index in [2.05, 4.69) is 4.90 Å². The van der Waals surface area contributed by atoms with Gasteiger partial charge in [-0.15, -0.1) is 0 Å². The summed E-state index contributed by atoms with van der Waals surface area (Å²) >= 11 is 0. The fraction of sp³-hybridized carbons (Fsp3) is 0.611. The molecule has 1 aromatic carbocycles. The van der Waals surface area contributed by atoms with E-state index in [1.54, 1.807) is 4.90 Å². The van der Waals surface area contributed by atoms with Crippen LogP contribution in [0.5, 0.6) is 17.2 Å². The lowest BCUT2D eigenvalue weighted by atomic mass is 10.1. The maximum Gasteiger partial charge on any atom is 0.327 e. The molecule has 0 radical (unpaired) electrons. The molecular formula is C18H25N3O6. The molecule has 1 unspecified atom stereocenters. The van der Waals surface area contributed by atoms with Crippen molar-refractivity contribution in [2.24, 2.45) is 0 Å². The number of benzene rings is 1. The van der Waals surface area contributed by atoms with E-state index in [4.69, 9.17) is 14.2 Å². The van der Waals surface area contributed by atoms with Gasteiger partial charge in [-0.2, -0.15) is 0 Å². The topological polar surface area (TPSA) is 94.4 Å². The van der Waals surface area contributed by atoms with Crippen molar-refractivity contribution in [3.8, 4) is 17.2 Å². The lowest BCUT2D eigenvalue weighted by Crippen LogP contribution is -2.37. The van der Waals surface area contributed by atoms with E-state index in [0.717, 1.165) is 19.5 Å². The van der Waals surface area contributed by atoms with Gasteiger partial charge in [-0.1, -0.05) is 0 Å². The first-order chi connectivity index (χ1) is 13.0. The van der Waals surface area contributed by atoms with Crippen LogP contribution in [0.4, 0.5) is 5.69 Å². The lowest BCUT2D eigenvalue weighted by Gasteiger charge is -2.24. The Morgan fingerprint density at radius 1 is 1.11 bits per heavy atom. The summed E-state index contributed by atoms with van der Waals surface area (Å²) in [5.74, 6) is -0.179. The molecule has 0 N–H and O–H groups in total. The van der Waals surface area contributed by atoms with Gasteiger partial charge < -0.3 is 19.1 Å². The van der Waals surface area contributed by atoms with E-state index in [1.807, 2.05) is 0 Å². The Kier molecular flexibility index (Phi) is 5.69. The Bertz CT molecular complexity index is 732. The minimum absolute atomic E-state index is 0.0448. The molecule has 2 saturated heterocycles. The number of hydrogen-bond acceptors (Lipinski definition) is 7. The zero-order valence-electron chi connectivity index (χ0n) is 15.9. The Labute approximate surface area is 157 Å². The summed E-state index contributed by atoms with van der Waals surface area (Å²) in [6.45, 7) is 3.26. The van der Waals surface area contributed by atoms with Gasteiger partial charge >= 0.3 is 5.69 Å². The molecule has 1 amide bonds. The highest BCUT2D eigenvalue weighted by molar-refractivity contribution is 6.00. The minimum atomic E-state index is -0.609. The van der Waals surface area contributed by atoms with Crippen molar-refractivity contribution in [2.75, 3.05) is 47.5 Å². The first-order valence-electron chi connectivity index (χ1n) is 9.02. The van der Waals surface area contributed by atoms with Crippen LogP contribution in [0.15, 0.2) is 6.07 Å². The molecule has 0 saturated carbocycles. The Morgan fingerprint density at radius 3 is 2.33 bits per heavy atom. The van der Waals surface area contributed by atoms with Crippen molar-refractivity contribution in [3.63, 3.8) is 0 Å². The molecule has 3 rings (SSSR count). The maximum absolute atomic E-state index is 13.1. The number of rotatable bonds is 6. The molecule has 9 nitrogen and oxygen atoms in total. The second-order valence-electron chi connectivity index (χ2n) is 6.74. The number of nitro benzene ring substituents is 1. The van der Waals surface area contributed by atoms with Gasteiger partial charge in [-0.3, -0.25) is 19.8 Å². The number of ether oxygens (including phenoxy) is 3. The van der Waals surface area contributed by atoms with Gasteiger partial charge in [-0.25, -0.2) is 0 Å². The predicted molar refractivity (Wildman–Crippen MR) is 97.9 cm³/mol. The summed E-state index contributed by atoms with van der Waals surface area (Å²) < 4.78 is 15.7. The Hall–Kier alpha value is -2.55. The average Bonchev–Trinajstić information content (AvgIpc) is 3.36. The third-order valence-electron chi connectivity index (χ3n) is 5.32. The van der Waals surface area contributed by atoms with Crippen molar-refractivity contribution < 1.29 is 23.9 Å². The normalized spacial score (nSPS) is 20.0. The summed E-state index contributed by atoms with van der Waals surface area (Å²) in [4.78, 5) is 28.3. The third-order valence-corrected chi connectivity index (χ3v) is 5.32. The fourth-order valence-corrected chi connectivity index (χ4v) is 3.99. The summed E-state index contributed by atoms with van der Waals surface area (Å²) in [5, 5.41) is 11.7. The van der Waals surface area contributed by atoms with Crippen molar-refractivity contribution in [1.29, 1.82) is 0 Å². The molecule has 2 heterocycles. The second-order valence-corrected chi connectivity index (χ2v) is 6.74. The van der Waals surface area contributed by atoms with Gasteiger partial charge in [0.05, 0.1) is 26.3 Å². The monoisotopic (exact) mass is 379 g/mol. The van der Waals surface area contributed by atoms with Gasteiger partial charge in [0.2, 0.25) is 11.5 Å². The largest absolute Gasteiger partial charge is 0.493 e. The van der Waals surface area contributed by atoms with E-state index in [0.29, 0.717) is 19.1 Å². The molecule has 0 aromatic heterocycles. The van der Waals surface area contributed by atoms with Crippen LogP contribution < -0.4 is 14.2 Å². The summed E-state index contributed by atoms with van der Waals surface area (Å²) in [7, 11) is 4.08. The van der Waals surface area contributed by atoms with E-state index >= 15 is 0 Å². The Balaban J connectivity index is 1.95. The zero-order valence-corrected chi connectivity index (χ0v) is 15.9. The molecule has 2 aliphatic heterocycles. The fourth-order valence-electron chi connectivity index (χ4n) is 3.99. The van der Waals surface area contributed by atoms with Crippen LogP contribution >= 0.6 is 0 Å². The predicted octanol–water partition coefficient (Wildman–Crippen LogP) is 1.93. The van der Waals surface area contributed by atoms with Gasteiger partial charge in [0.25, 0.3) is 5.91 Å². The second kappa shape index (κ2) is 7.99. The summed E-state index contributed by atoms with van der Waals surface area (Å²) in [5.41, 5.74) is -0.443. The van der Waals surface area contributed by atoms with Crippen molar-refractivity contribution in [3.05, 3.63) is 21.7 Å². The minimum Gasteiger partial charge on any atom is -0.493 e. The standard InChI is InChI=1S/C18H25N3O6/c1-25-14-10-13(15(21(23)24)17(27-3)16(14)26-2)18(22)20-9-6-12(11-20)19-7-4-5-8-19/h10,12H,4-9,11H2,1-3H3. The van der Waals surface area contributed by atoms with Gasteiger partial charge in [-0.05, 0) is 32.4 Å². The van der Waals surface area contributed by atoms with E-state index in [-0.39, 0.29) is 28.7 Å². The van der Waals surface area contributed by atoms with E-state index in [1.165, 1.54) is 40.2 Å². The zero-order chi connectivity index (χ0) is 19.6. The molecule has 1 atom stereocenters. The number of carbonyl (C=O) groups is 1. The number of hydrogen-bond donors (Lipinski definition) is 0. The molecule has 2 aliphatic rings. The molecule has 0 aliphatic carbocycles. The van der Waals surface area contributed by atoms with E-state index < -0.39 is 10.6 Å². The average molecular weight is 379 g/mol. The first-order valence-corrected chi connectivity index (χ1v) is 9.02. The van der Waals surface area contributed by atoms with E-state index in [9.17, 15) is 14.9 Å². The lowest BCUT2D eigenvalue weighted by molar-refractivity contribution is -0.386. The summed E-state index contributed by atoms with van der Waals surface area (Å²) in [6, 6.07) is 1.68. The summed E-state index contributed by atoms with van der Waals surface area (Å²) in [6.07, 6.45) is 3.25. The number of nitro groups is 1. The van der Waals surface area contributed by atoms with Crippen LogP contribution in [0.3, 0.4) is 0 Å². The Morgan fingerprint density at radius 2 is 1.78 bits per heavy atom. The molecular weight excluding hydrogens is 354 g/mol.